The van der Waals surface area contributed by atoms with Crippen LogP contribution < -0.4 is 11.1 Å². The van der Waals surface area contributed by atoms with Crippen LogP contribution >= 0.6 is 0 Å². The number of nitrogens with zero attached hydrogens (tertiary/aromatic N) is 1. The SMILES string of the molecule is CC(C(=O)NCc1ccco1)C(N)=NO. The third-order valence-electron chi connectivity index (χ3n) is 1.97. The molecule has 0 radical (unpaired) electrons. The molecule has 1 aromatic rings. The molecule has 1 amide bonds. The van der Waals surface area contributed by atoms with Crippen molar-refractivity contribution in [1.82, 2.24) is 5.32 Å². The lowest BCUT2D eigenvalue weighted by Crippen LogP contribution is -2.36. The summed E-state index contributed by atoms with van der Waals surface area (Å²) in [5, 5.41) is 13.7. The average Bonchev–Trinajstić information content (AvgIpc) is 2.76. The smallest absolute Gasteiger partial charge is 0.230 e. The first kappa shape index (κ1) is 11.1. The summed E-state index contributed by atoms with van der Waals surface area (Å²) in [7, 11) is 0. The maximum absolute atomic E-state index is 11.4. The van der Waals surface area contributed by atoms with Crippen LogP contribution in [-0.2, 0) is 11.3 Å². The number of rotatable bonds is 4. The fourth-order valence-corrected chi connectivity index (χ4v) is 0.961. The molecule has 0 bridgehead atoms. The predicted octanol–water partition coefficient (Wildman–Crippen LogP) is 0.278. The van der Waals surface area contributed by atoms with Gasteiger partial charge in [0.05, 0.1) is 18.7 Å². The number of hydrogen-bond acceptors (Lipinski definition) is 4. The van der Waals surface area contributed by atoms with E-state index in [4.69, 9.17) is 15.4 Å². The van der Waals surface area contributed by atoms with Gasteiger partial charge in [-0.2, -0.15) is 0 Å². The first-order chi connectivity index (χ1) is 7.15. The number of amidine groups is 1. The van der Waals surface area contributed by atoms with Crippen LogP contribution in [-0.4, -0.2) is 17.0 Å². The van der Waals surface area contributed by atoms with Crippen molar-refractivity contribution in [2.75, 3.05) is 0 Å². The Kier molecular flexibility index (Phi) is 3.73. The van der Waals surface area contributed by atoms with Crippen LogP contribution in [0, 0.1) is 5.92 Å². The molecule has 82 valence electrons. The highest BCUT2D eigenvalue weighted by Crippen LogP contribution is 2.00. The standard InChI is InChI=1S/C9H13N3O3/c1-6(8(10)12-14)9(13)11-5-7-3-2-4-15-7/h2-4,6,14H,5H2,1H3,(H2,10,12)(H,11,13). The van der Waals surface area contributed by atoms with Crippen LogP contribution in [0.15, 0.2) is 28.0 Å². The van der Waals surface area contributed by atoms with Gasteiger partial charge in [0.25, 0.3) is 0 Å². The van der Waals surface area contributed by atoms with Crippen molar-refractivity contribution < 1.29 is 14.4 Å². The van der Waals surface area contributed by atoms with Gasteiger partial charge in [0, 0.05) is 0 Å². The van der Waals surface area contributed by atoms with Gasteiger partial charge in [-0.25, -0.2) is 0 Å². The average molecular weight is 211 g/mol. The molecule has 0 aromatic carbocycles. The number of nitrogens with two attached hydrogens (primary N) is 1. The van der Waals surface area contributed by atoms with E-state index in [0.717, 1.165) is 0 Å². The Balaban J connectivity index is 2.43. The van der Waals surface area contributed by atoms with E-state index in [1.807, 2.05) is 0 Å². The molecule has 0 saturated heterocycles. The normalized spacial score (nSPS) is 13.5. The second-order valence-corrected chi connectivity index (χ2v) is 3.04. The van der Waals surface area contributed by atoms with E-state index in [2.05, 4.69) is 10.5 Å². The molecule has 1 atom stereocenters. The number of carbonyl (C=O) groups excluding carboxylic acids is 1. The molecule has 6 heteroatoms. The Morgan fingerprint density at radius 2 is 2.53 bits per heavy atom. The Hall–Kier alpha value is -1.98. The van der Waals surface area contributed by atoms with E-state index >= 15 is 0 Å². The van der Waals surface area contributed by atoms with E-state index in [-0.39, 0.29) is 18.3 Å². The predicted molar refractivity (Wildman–Crippen MR) is 53.1 cm³/mol. The van der Waals surface area contributed by atoms with E-state index < -0.39 is 5.92 Å². The fraction of sp³-hybridized carbons (Fsp3) is 0.333. The minimum atomic E-state index is -0.662. The molecule has 1 rings (SSSR count). The molecular formula is C9H13N3O3. The Labute approximate surface area is 86.7 Å². The monoisotopic (exact) mass is 211 g/mol. The van der Waals surface area contributed by atoms with Gasteiger partial charge in [-0.1, -0.05) is 5.16 Å². The molecule has 0 fully saturated rings. The van der Waals surface area contributed by atoms with Crippen molar-refractivity contribution in [1.29, 1.82) is 0 Å². The second kappa shape index (κ2) is 5.04. The number of nitrogens with one attached hydrogen (secondary N) is 1. The zero-order chi connectivity index (χ0) is 11.3. The Morgan fingerprint density at radius 3 is 3.07 bits per heavy atom. The molecule has 1 aromatic heterocycles. The fourth-order valence-electron chi connectivity index (χ4n) is 0.961. The summed E-state index contributed by atoms with van der Waals surface area (Å²) in [4.78, 5) is 11.4. The lowest BCUT2D eigenvalue weighted by Gasteiger charge is -2.09. The first-order valence-electron chi connectivity index (χ1n) is 4.42. The van der Waals surface area contributed by atoms with Gasteiger partial charge in [0.15, 0.2) is 5.84 Å². The number of oxime groups is 1. The zero-order valence-electron chi connectivity index (χ0n) is 8.30. The summed E-state index contributed by atoms with van der Waals surface area (Å²) in [6.07, 6.45) is 1.52. The van der Waals surface area contributed by atoms with Crippen molar-refractivity contribution in [3.05, 3.63) is 24.2 Å². The van der Waals surface area contributed by atoms with Crippen molar-refractivity contribution in [3.8, 4) is 0 Å². The van der Waals surface area contributed by atoms with Gasteiger partial charge in [-0.15, -0.1) is 0 Å². The van der Waals surface area contributed by atoms with Crippen LogP contribution in [0.25, 0.3) is 0 Å². The van der Waals surface area contributed by atoms with Gasteiger partial charge in [0.1, 0.15) is 5.76 Å². The quantitative estimate of drug-likeness (QED) is 0.288. The third-order valence-corrected chi connectivity index (χ3v) is 1.97. The van der Waals surface area contributed by atoms with Crippen LogP contribution in [0.5, 0.6) is 0 Å². The summed E-state index contributed by atoms with van der Waals surface area (Å²) in [5.74, 6) is -0.450. The molecule has 1 heterocycles. The Bertz CT molecular complexity index is 345. The second-order valence-electron chi connectivity index (χ2n) is 3.04. The molecule has 0 aliphatic carbocycles. The molecule has 0 spiro atoms. The minimum Gasteiger partial charge on any atom is -0.467 e. The molecule has 6 nitrogen and oxygen atoms in total. The number of amides is 1. The highest BCUT2D eigenvalue weighted by atomic mass is 16.4. The highest BCUT2D eigenvalue weighted by Gasteiger charge is 2.17. The highest BCUT2D eigenvalue weighted by molar-refractivity contribution is 6.01. The summed E-state index contributed by atoms with van der Waals surface area (Å²) < 4.78 is 5.02. The van der Waals surface area contributed by atoms with Crippen molar-refractivity contribution in [2.24, 2.45) is 16.8 Å². The summed E-state index contributed by atoms with van der Waals surface area (Å²) in [5.41, 5.74) is 5.28. The number of carbonyl (C=O) groups is 1. The topological polar surface area (TPSA) is 101 Å². The maximum Gasteiger partial charge on any atom is 0.230 e. The van der Waals surface area contributed by atoms with E-state index in [0.29, 0.717) is 5.76 Å². The molecular weight excluding hydrogens is 198 g/mol. The molecule has 4 N–H and O–H groups in total. The lowest BCUT2D eigenvalue weighted by molar-refractivity contribution is -0.122. The third kappa shape index (κ3) is 3.01. The van der Waals surface area contributed by atoms with Gasteiger partial charge in [0.2, 0.25) is 5.91 Å². The number of furan rings is 1. The largest absolute Gasteiger partial charge is 0.467 e. The van der Waals surface area contributed by atoms with E-state index in [1.165, 1.54) is 6.26 Å². The first-order valence-corrected chi connectivity index (χ1v) is 4.42. The molecule has 1 unspecified atom stereocenters. The van der Waals surface area contributed by atoms with Gasteiger partial charge >= 0.3 is 0 Å². The van der Waals surface area contributed by atoms with Crippen LogP contribution in [0.2, 0.25) is 0 Å². The number of hydrogen-bond donors (Lipinski definition) is 3. The van der Waals surface area contributed by atoms with Crippen molar-refractivity contribution in [2.45, 2.75) is 13.5 Å². The van der Waals surface area contributed by atoms with Gasteiger partial charge in [-0.05, 0) is 19.1 Å². The molecule has 0 aliphatic rings. The summed E-state index contributed by atoms with van der Waals surface area (Å²) in [6, 6.07) is 3.48. The van der Waals surface area contributed by atoms with Crippen LogP contribution in [0.3, 0.4) is 0 Å². The van der Waals surface area contributed by atoms with Crippen molar-refractivity contribution >= 4 is 11.7 Å². The van der Waals surface area contributed by atoms with E-state index in [9.17, 15) is 4.79 Å². The maximum atomic E-state index is 11.4. The summed E-state index contributed by atoms with van der Waals surface area (Å²) >= 11 is 0. The van der Waals surface area contributed by atoms with Crippen LogP contribution in [0.1, 0.15) is 12.7 Å². The van der Waals surface area contributed by atoms with Crippen molar-refractivity contribution in [3.63, 3.8) is 0 Å². The van der Waals surface area contributed by atoms with Crippen LogP contribution in [0.4, 0.5) is 0 Å². The molecule has 0 aliphatic heterocycles. The summed E-state index contributed by atoms with van der Waals surface area (Å²) in [6.45, 7) is 1.83. The van der Waals surface area contributed by atoms with Gasteiger partial charge < -0.3 is 20.7 Å². The van der Waals surface area contributed by atoms with E-state index in [1.54, 1.807) is 19.1 Å². The molecule has 15 heavy (non-hydrogen) atoms. The Morgan fingerprint density at radius 1 is 1.80 bits per heavy atom. The molecule has 0 saturated carbocycles. The zero-order valence-corrected chi connectivity index (χ0v) is 8.30. The minimum absolute atomic E-state index is 0.119. The van der Waals surface area contributed by atoms with Gasteiger partial charge in [-0.3, -0.25) is 4.79 Å². The lowest BCUT2D eigenvalue weighted by atomic mass is 10.1.